The Morgan fingerprint density at radius 1 is 1.20 bits per heavy atom. The molecule has 20 heavy (non-hydrogen) atoms. The standard InChI is InChI=1S/C14H12N4O2/c1-19-12-5-3-2-4-11(12)13-17-14(20-18-13)9-6-10(15)8-16-7-9/h2-8H,15H2,1H3. The first-order valence-electron chi connectivity index (χ1n) is 5.96. The van der Waals surface area contributed by atoms with Gasteiger partial charge in [-0.1, -0.05) is 17.3 Å². The van der Waals surface area contributed by atoms with Crippen molar-refractivity contribution in [1.82, 2.24) is 15.1 Å². The summed E-state index contributed by atoms with van der Waals surface area (Å²) in [5.74, 6) is 1.51. The largest absolute Gasteiger partial charge is 0.496 e. The molecule has 0 aliphatic rings. The molecular formula is C14H12N4O2. The lowest BCUT2D eigenvalue weighted by atomic mass is 10.2. The van der Waals surface area contributed by atoms with Crippen LogP contribution in [0.15, 0.2) is 47.2 Å². The summed E-state index contributed by atoms with van der Waals surface area (Å²) in [6, 6.07) is 9.20. The van der Waals surface area contributed by atoms with Crippen LogP contribution in [0, 0.1) is 0 Å². The van der Waals surface area contributed by atoms with Crippen molar-refractivity contribution < 1.29 is 9.26 Å². The zero-order valence-corrected chi connectivity index (χ0v) is 10.8. The molecule has 0 saturated heterocycles. The number of methoxy groups -OCH3 is 1. The molecule has 2 heterocycles. The van der Waals surface area contributed by atoms with E-state index in [0.29, 0.717) is 28.7 Å². The molecule has 1 aromatic carbocycles. The first-order valence-corrected chi connectivity index (χ1v) is 5.96. The molecule has 6 nitrogen and oxygen atoms in total. The molecule has 0 bridgehead atoms. The van der Waals surface area contributed by atoms with Gasteiger partial charge in [-0.2, -0.15) is 4.98 Å². The van der Waals surface area contributed by atoms with Crippen molar-refractivity contribution in [1.29, 1.82) is 0 Å². The molecule has 6 heteroatoms. The molecule has 100 valence electrons. The first-order chi connectivity index (χ1) is 9.78. The molecule has 2 N–H and O–H groups in total. The molecule has 0 radical (unpaired) electrons. The van der Waals surface area contributed by atoms with Crippen molar-refractivity contribution >= 4 is 5.69 Å². The highest BCUT2D eigenvalue weighted by Gasteiger charge is 2.14. The lowest BCUT2D eigenvalue weighted by molar-refractivity contribution is 0.413. The molecule has 0 aliphatic carbocycles. The molecule has 3 rings (SSSR count). The summed E-state index contributed by atoms with van der Waals surface area (Å²) in [5.41, 5.74) is 7.67. The number of ether oxygens (including phenoxy) is 1. The third-order valence-corrected chi connectivity index (χ3v) is 2.78. The number of benzene rings is 1. The Morgan fingerprint density at radius 3 is 2.85 bits per heavy atom. The number of nitrogens with two attached hydrogens (primary N) is 1. The van der Waals surface area contributed by atoms with Gasteiger partial charge in [-0.15, -0.1) is 0 Å². The average Bonchev–Trinajstić information content (AvgIpc) is 2.97. The Hall–Kier alpha value is -2.89. The maximum Gasteiger partial charge on any atom is 0.259 e. The molecule has 3 aromatic rings. The van der Waals surface area contributed by atoms with Crippen LogP contribution in [0.3, 0.4) is 0 Å². The number of nitrogen functional groups attached to an aromatic ring is 1. The van der Waals surface area contributed by atoms with Crippen LogP contribution < -0.4 is 10.5 Å². The van der Waals surface area contributed by atoms with E-state index in [1.54, 1.807) is 25.6 Å². The zero-order valence-electron chi connectivity index (χ0n) is 10.8. The van der Waals surface area contributed by atoms with Crippen LogP contribution in [-0.4, -0.2) is 22.2 Å². The summed E-state index contributed by atoms with van der Waals surface area (Å²) in [7, 11) is 1.60. The molecular weight excluding hydrogens is 256 g/mol. The second-order valence-electron chi connectivity index (χ2n) is 4.13. The van der Waals surface area contributed by atoms with Gasteiger partial charge in [0.2, 0.25) is 5.82 Å². The van der Waals surface area contributed by atoms with Crippen molar-refractivity contribution in [3.8, 4) is 28.6 Å². The van der Waals surface area contributed by atoms with Gasteiger partial charge in [-0.25, -0.2) is 0 Å². The maximum atomic E-state index is 5.69. The number of anilines is 1. The zero-order chi connectivity index (χ0) is 13.9. The maximum absolute atomic E-state index is 5.69. The van der Waals surface area contributed by atoms with Crippen LogP contribution in [0.1, 0.15) is 0 Å². The van der Waals surface area contributed by atoms with Crippen molar-refractivity contribution in [2.75, 3.05) is 12.8 Å². The first kappa shape index (κ1) is 12.2. The van der Waals surface area contributed by atoms with Crippen molar-refractivity contribution in [2.45, 2.75) is 0 Å². The van der Waals surface area contributed by atoms with Crippen molar-refractivity contribution in [3.05, 3.63) is 42.7 Å². The molecule has 0 aliphatic heterocycles. The van der Waals surface area contributed by atoms with Gasteiger partial charge < -0.3 is 15.0 Å². The minimum atomic E-state index is 0.366. The molecule has 0 atom stereocenters. The summed E-state index contributed by atoms with van der Waals surface area (Å²) >= 11 is 0. The normalized spacial score (nSPS) is 10.4. The molecule has 2 aromatic heterocycles. The van der Waals surface area contributed by atoms with Gasteiger partial charge in [0.1, 0.15) is 5.75 Å². The third kappa shape index (κ3) is 2.18. The number of nitrogens with zero attached hydrogens (tertiary/aromatic N) is 3. The summed E-state index contributed by atoms with van der Waals surface area (Å²) in [4.78, 5) is 8.35. The SMILES string of the molecule is COc1ccccc1-c1noc(-c2cncc(N)c2)n1. The molecule has 0 amide bonds. The third-order valence-electron chi connectivity index (χ3n) is 2.78. The number of hydrogen-bond donors (Lipinski definition) is 1. The van der Waals surface area contributed by atoms with Crippen LogP contribution in [-0.2, 0) is 0 Å². The van der Waals surface area contributed by atoms with E-state index < -0.39 is 0 Å². The minimum Gasteiger partial charge on any atom is -0.496 e. The summed E-state index contributed by atoms with van der Waals surface area (Å²) < 4.78 is 10.5. The van der Waals surface area contributed by atoms with Gasteiger partial charge in [0.25, 0.3) is 5.89 Å². The van der Waals surface area contributed by atoms with Crippen LogP contribution in [0.4, 0.5) is 5.69 Å². The number of rotatable bonds is 3. The van der Waals surface area contributed by atoms with Crippen LogP contribution >= 0.6 is 0 Å². The Kier molecular flexibility index (Phi) is 3.04. The average molecular weight is 268 g/mol. The Morgan fingerprint density at radius 2 is 2.05 bits per heavy atom. The second-order valence-corrected chi connectivity index (χ2v) is 4.13. The topological polar surface area (TPSA) is 87.1 Å². The Labute approximate surface area is 115 Å². The second kappa shape index (κ2) is 5.00. The van der Waals surface area contributed by atoms with Gasteiger partial charge in [0.05, 0.1) is 23.9 Å². The smallest absolute Gasteiger partial charge is 0.259 e. The van der Waals surface area contributed by atoms with E-state index in [0.717, 1.165) is 5.56 Å². The van der Waals surface area contributed by atoms with Crippen LogP contribution in [0.5, 0.6) is 5.75 Å². The van der Waals surface area contributed by atoms with E-state index >= 15 is 0 Å². The molecule has 0 saturated carbocycles. The summed E-state index contributed by atoms with van der Waals surface area (Å²) in [6.07, 6.45) is 3.18. The van der Waals surface area contributed by atoms with Gasteiger partial charge in [-0.3, -0.25) is 4.98 Å². The van der Waals surface area contributed by atoms with Gasteiger partial charge in [0.15, 0.2) is 0 Å². The van der Waals surface area contributed by atoms with E-state index in [9.17, 15) is 0 Å². The highest BCUT2D eigenvalue weighted by atomic mass is 16.5. The summed E-state index contributed by atoms with van der Waals surface area (Å²) in [5, 5.41) is 3.97. The highest BCUT2D eigenvalue weighted by molar-refractivity contribution is 5.66. The monoisotopic (exact) mass is 268 g/mol. The molecule has 0 fully saturated rings. The van der Waals surface area contributed by atoms with Gasteiger partial charge >= 0.3 is 0 Å². The highest BCUT2D eigenvalue weighted by Crippen LogP contribution is 2.29. The van der Waals surface area contributed by atoms with Crippen molar-refractivity contribution in [2.24, 2.45) is 0 Å². The summed E-state index contributed by atoms with van der Waals surface area (Å²) in [6.45, 7) is 0. The fourth-order valence-electron chi connectivity index (χ4n) is 1.85. The van der Waals surface area contributed by atoms with E-state index in [2.05, 4.69) is 15.1 Å². The van der Waals surface area contributed by atoms with Gasteiger partial charge in [-0.05, 0) is 18.2 Å². The Bertz CT molecular complexity index is 739. The van der Waals surface area contributed by atoms with Crippen molar-refractivity contribution in [3.63, 3.8) is 0 Å². The Balaban J connectivity index is 2.02. The quantitative estimate of drug-likeness (QED) is 0.784. The molecule has 0 unspecified atom stereocenters. The lowest BCUT2D eigenvalue weighted by Gasteiger charge is -2.03. The van der Waals surface area contributed by atoms with E-state index in [4.69, 9.17) is 15.0 Å². The number of aromatic nitrogens is 3. The fraction of sp³-hybridized carbons (Fsp3) is 0.0714. The lowest BCUT2D eigenvalue weighted by Crippen LogP contribution is -1.89. The predicted molar refractivity (Wildman–Crippen MR) is 73.9 cm³/mol. The predicted octanol–water partition coefficient (Wildman–Crippen LogP) is 2.39. The van der Waals surface area contributed by atoms with E-state index in [-0.39, 0.29) is 0 Å². The van der Waals surface area contributed by atoms with Crippen LogP contribution in [0.2, 0.25) is 0 Å². The number of hydrogen-bond acceptors (Lipinski definition) is 6. The van der Waals surface area contributed by atoms with E-state index in [1.807, 2.05) is 24.3 Å². The number of pyridine rings is 1. The fourth-order valence-corrected chi connectivity index (χ4v) is 1.85. The minimum absolute atomic E-state index is 0.366. The molecule has 0 spiro atoms. The number of para-hydroxylation sites is 1. The van der Waals surface area contributed by atoms with E-state index in [1.165, 1.54) is 0 Å². The van der Waals surface area contributed by atoms with Gasteiger partial charge in [0, 0.05) is 12.4 Å². The van der Waals surface area contributed by atoms with Crippen LogP contribution in [0.25, 0.3) is 22.8 Å².